The van der Waals surface area contributed by atoms with E-state index in [1.54, 1.807) is 0 Å². The molecule has 0 aliphatic heterocycles. The Kier molecular flexibility index (Phi) is 12.9. The summed E-state index contributed by atoms with van der Waals surface area (Å²) in [6.45, 7) is 15.3. The molecule has 2 atom stereocenters. The van der Waals surface area contributed by atoms with Crippen LogP contribution in [0.3, 0.4) is 0 Å². The second-order valence-corrected chi connectivity index (χ2v) is 6.07. The number of rotatable bonds is 14. The molecule has 0 saturated heterocycles. The zero-order valence-electron chi connectivity index (χ0n) is 14.4. The van der Waals surface area contributed by atoms with Crippen molar-refractivity contribution >= 4 is 0 Å². The minimum atomic E-state index is 0.788. The standard InChI is InChI=1S/C18H38N2/c1-6-10-12-17(8-3)14-19-16(5)20-15-18(9-4)13-11-7-2/h17-20H,5-15H2,1-4H3. The largest absolute Gasteiger partial charge is 0.372 e. The van der Waals surface area contributed by atoms with E-state index in [9.17, 15) is 0 Å². The van der Waals surface area contributed by atoms with Crippen molar-refractivity contribution in [3.05, 3.63) is 12.4 Å². The van der Waals surface area contributed by atoms with E-state index in [0.717, 1.165) is 30.7 Å². The van der Waals surface area contributed by atoms with Crippen molar-refractivity contribution < 1.29 is 0 Å². The molecular formula is C18H38N2. The first-order valence-corrected chi connectivity index (χ1v) is 8.84. The Balaban J connectivity index is 3.80. The monoisotopic (exact) mass is 282 g/mol. The maximum absolute atomic E-state index is 4.11. The van der Waals surface area contributed by atoms with E-state index >= 15 is 0 Å². The summed E-state index contributed by atoms with van der Waals surface area (Å²) in [5, 5.41) is 6.95. The van der Waals surface area contributed by atoms with Gasteiger partial charge < -0.3 is 10.6 Å². The molecule has 2 nitrogen and oxygen atoms in total. The van der Waals surface area contributed by atoms with Crippen LogP contribution in [0.25, 0.3) is 0 Å². The first kappa shape index (κ1) is 19.3. The van der Waals surface area contributed by atoms with Crippen LogP contribution < -0.4 is 10.6 Å². The molecule has 2 heteroatoms. The fourth-order valence-electron chi connectivity index (χ4n) is 2.48. The summed E-state index contributed by atoms with van der Waals surface area (Å²) in [5.74, 6) is 2.58. The summed E-state index contributed by atoms with van der Waals surface area (Å²) in [6, 6.07) is 0. The normalized spacial score (nSPS) is 13.8. The summed E-state index contributed by atoms with van der Waals surface area (Å²) < 4.78 is 0. The van der Waals surface area contributed by atoms with Crippen LogP contribution in [0, 0.1) is 11.8 Å². The van der Waals surface area contributed by atoms with Crippen molar-refractivity contribution in [3.63, 3.8) is 0 Å². The highest BCUT2D eigenvalue weighted by Crippen LogP contribution is 2.13. The molecule has 0 radical (unpaired) electrons. The Morgan fingerprint density at radius 2 is 1.20 bits per heavy atom. The molecule has 0 saturated carbocycles. The van der Waals surface area contributed by atoms with Crippen LogP contribution in [-0.4, -0.2) is 13.1 Å². The summed E-state index contributed by atoms with van der Waals surface area (Å²) in [7, 11) is 0. The predicted molar refractivity (Wildman–Crippen MR) is 91.8 cm³/mol. The van der Waals surface area contributed by atoms with E-state index in [4.69, 9.17) is 0 Å². The van der Waals surface area contributed by atoms with Gasteiger partial charge in [0.25, 0.3) is 0 Å². The van der Waals surface area contributed by atoms with Crippen molar-refractivity contribution in [3.8, 4) is 0 Å². The van der Waals surface area contributed by atoms with E-state index in [1.807, 2.05) is 0 Å². The molecule has 0 aromatic rings. The van der Waals surface area contributed by atoms with Gasteiger partial charge >= 0.3 is 0 Å². The molecular weight excluding hydrogens is 244 g/mol. The highest BCUT2D eigenvalue weighted by molar-refractivity contribution is 4.89. The number of hydrogen-bond donors (Lipinski definition) is 2. The van der Waals surface area contributed by atoms with Crippen LogP contribution in [0.15, 0.2) is 12.4 Å². The van der Waals surface area contributed by atoms with Gasteiger partial charge in [0, 0.05) is 13.1 Å². The predicted octanol–water partition coefficient (Wildman–Crippen LogP) is 5.07. The van der Waals surface area contributed by atoms with Crippen LogP contribution in [0.5, 0.6) is 0 Å². The molecule has 0 fully saturated rings. The van der Waals surface area contributed by atoms with E-state index in [2.05, 4.69) is 44.9 Å². The van der Waals surface area contributed by atoms with Gasteiger partial charge in [-0.1, -0.05) is 72.8 Å². The molecule has 2 unspecified atom stereocenters. The summed E-state index contributed by atoms with van der Waals surface area (Å²) in [5.41, 5.74) is 0. The zero-order valence-corrected chi connectivity index (χ0v) is 14.4. The lowest BCUT2D eigenvalue weighted by Gasteiger charge is -2.21. The van der Waals surface area contributed by atoms with Crippen molar-refractivity contribution in [1.29, 1.82) is 0 Å². The van der Waals surface area contributed by atoms with Gasteiger partial charge in [0.05, 0.1) is 5.82 Å². The van der Waals surface area contributed by atoms with Gasteiger partial charge in [-0.3, -0.25) is 0 Å². The van der Waals surface area contributed by atoms with Crippen LogP contribution >= 0.6 is 0 Å². The SMILES string of the molecule is C=C(NCC(CC)CCCC)NCC(CC)CCCC. The molecule has 0 aromatic carbocycles. The van der Waals surface area contributed by atoms with Gasteiger partial charge in [-0.25, -0.2) is 0 Å². The van der Waals surface area contributed by atoms with Gasteiger partial charge in [-0.05, 0) is 24.7 Å². The molecule has 0 aliphatic rings. The molecule has 2 N–H and O–H groups in total. The lowest BCUT2D eigenvalue weighted by atomic mass is 9.99. The first-order chi connectivity index (χ1) is 9.67. The minimum Gasteiger partial charge on any atom is -0.372 e. The van der Waals surface area contributed by atoms with Crippen LogP contribution in [0.2, 0.25) is 0 Å². The van der Waals surface area contributed by atoms with E-state index in [-0.39, 0.29) is 0 Å². The van der Waals surface area contributed by atoms with Crippen LogP contribution in [0.1, 0.15) is 79.1 Å². The fraction of sp³-hybridized carbons (Fsp3) is 0.889. The third kappa shape index (κ3) is 10.2. The first-order valence-electron chi connectivity index (χ1n) is 8.84. The van der Waals surface area contributed by atoms with Crippen LogP contribution in [-0.2, 0) is 0 Å². The quantitative estimate of drug-likeness (QED) is 0.465. The summed E-state index contributed by atoms with van der Waals surface area (Å²) in [6.07, 6.45) is 10.5. The topological polar surface area (TPSA) is 24.1 Å². The summed E-state index contributed by atoms with van der Waals surface area (Å²) in [4.78, 5) is 0. The highest BCUT2D eigenvalue weighted by atomic mass is 15.1. The Morgan fingerprint density at radius 3 is 1.50 bits per heavy atom. The zero-order chi connectivity index (χ0) is 15.2. The maximum atomic E-state index is 4.11. The lowest BCUT2D eigenvalue weighted by Crippen LogP contribution is -2.32. The molecule has 120 valence electrons. The average molecular weight is 283 g/mol. The van der Waals surface area contributed by atoms with Gasteiger partial charge in [-0.2, -0.15) is 0 Å². The molecule has 0 spiro atoms. The Bertz CT molecular complexity index is 203. The molecule has 20 heavy (non-hydrogen) atoms. The second kappa shape index (κ2) is 13.3. The van der Waals surface area contributed by atoms with Crippen molar-refractivity contribution in [2.75, 3.05) is 13.1 Å². The van der Waals surface area contributed by atoms with Gasteiger partial charge in [0.1, 0.15) is 0 Å². The van der Waals surface area contributed by atoms with Gasteiger partial charge in [-0.15, -0.1) is 0 Å². The van der Waals surface area contributed by atoms with Crippen molar-refractivity contribution in [1.82, 2.24) is 10.6 Å². The molecule has 0 amide bonds. The smallest absolute Gasteiger partial charge is 0.0912 e. The number of nitrogens with one attached hydrogen (secondary N) is 2. The van der Waals surface area contributed by atoms with Gasteiger partial charge in [0.2, 0.25) is 0 Å². The van der Waals surface area contributed by atoms with Crippen molar-refractivity contribution in [2.45, 2.75) is 79.1 Å². The van der Waals surface area contributed by atoms with E-state index in [0.29, 0.717) is 0 Å². The number of hydrogen-bond acceptors (Lipinski definition) is 2. The Hall–Kier alpha value is -0.660. The average Bonchev–Trinajstić information content (AvgIpc) is 2.47. The Labute approximate surface area is 127 Å². The lowest BCUT2D eigenvalue weighted by molar-refractivity contribution is 0.409. The number of unbranched alkanes of at least 4 members (excludes halogenated alkanes) is 2. The molecule has 0 heterocycles. The summed E-state index contributed by atoms with van der Waals surface area (Å²) >= 11 is 0. The van der Waals surface area contributed by atoms with Crippen molar-refractivity contribution in [2.24, 2.45) is 11.8 Å². The molecule has 0 aliphatic carbocycles. The minimum absolute atomic E-state index is 0.788. The molecule has 0 bridgehead atoms. The molecule has 0 aromatic heterocycles. The highest BCUT2D eigenvalue weighted by Gasteiger charge is 2.08. The fourth-order valence-corrected chi connectivity index (χ4v) is 2.48. The van der Waals surface area contributed by atoms with E-state index < -0.39 is 0 Å². The van der Waals surface area contributed by atoms with Gasteiger partial charge in [0.15, 0.2) is 0 Å². The van der Waals surface area contributed by atoms with E-state index in [1.165, 1.54) is 51.4 Å². The van der Waals surface area contributed by atoms with Crippen LogP contribution in [0.4, 0.5) is 0 Å². The Morgan fingerprint density at radius 1 is 0.800 bits per heavy atom. The second-order valence-electron chi connectivity index (χ2n) is 6.07. The third-order valence-electron chi connectivity index (χ3n) is 4.29. The third-order valence-corrected chi connectivity index (χ3v) is 4.29. The molecule has 0 rings (SSSR count). The maximum Gasteiger partial charge on any atom is 0.0912 e.